The van der Waals surface area contributed by atoms with E-state index in [1.807, 2.05) is 30.5 Å². The third-order valence-corrected chi connectivity index (χ3v) is 2.94. The van der Waals surface area contributed by atoms with E-state index < -0.39 is 0 Å². The number of nitrogens with one attached hydrogen (secondary N) is 1. The molecule has 2 aromatic rings. The van der Waals surface area contributed by atoms with Crippen LogP contribution in [0.4, 0.5) is 0 Å². The fourth-order valence-electron chi connectivity index (χ4n) is 1.99. The lowest BCUT2D eigenvalue weighted by Gasteiger charge is -2.15. The monoisotopic (exact) mass is 244 g/mol. The van der Waals surface area contributed by atoms with E-state index in [4.69, 9.17) is 4.42 Å². The molecule has 0 spiro atoms. The van der Waals surface area contributed by atoms with Crippen LogP contribution < -0.4 is 5.32 Å². The SMILES string of the molecule is CCCNC(CCc1ccccn1)c1ccco1. The second-order valence-corrected chi connectivity index (χ2v) is 4.38. The third kappa shape index (κ3) is 3.70. The molecule has 1 atom stereocenters. The minimum Gasteiger partial charge on any atom is -0.468 e. The highest BCUT2D eigenvalue weighted by Crippen LogP contribution is 2.19. The first-order valence-electron chi connectivity index (χ1n) is 6.57. The molecule has 1 N–H and O–H groups in total. The average Bonchev–Trinajstić information content (AvgIpc) is 2.94. The minimum atomic E-state index is 0.280. The molecule has 0 fully saturated rings. The van der Waals surface area contributed by atoms with Gasteiger partial charge in [-0.15, -0.1) is 0 Å². The van der Waals surface area contributed by atoms with Crippen LogP contribution in [0.5, 0.6) is 0 Å². The Hall–Kier alpha value is -1.61. The van der Waals surface area contributed by atoms with Gasteiger partial charge < -0.3 is 9.73 Å². The van der Waals surface area contributed by atoms with E-state index in [0.29, 0.717) is 0 Å². The lowest BCUT2D eigenvalue weighted by Crippen LogP contribution is -2.22. The molecule has 0 bridgehead atoms. The molecule has 0 aromatic carbocycles. The van der Waals surface area contributed by atoms with Crippen LogP contribution in [0, 0.1) is 0 Å². The summed E-state index contributed by atoms with van der Waals surface area (Å²) in [5.41, 5.74) is 1.13. The van der Waals surface area contributed by atoms with Gasteiger partial charge in [-0.2, -0.15) is 0 Å². The number of pyridine rings is 1. The molecule has 0 aliphatic carbocycles. The number of nitrogens with zero attached hydrogens (tertiary/aromatic N) is 1. The fourth-order valence-corrected chi connectivity index (χ4v) is 1.99. The molecule has 2 rings (SSSR count). The summed E-state index contributed by atoms with van der Waals surface area (Å²) < 4.78 is 5.50. The van der Waals surface area contributed by atoms with Crippen molar-refractivity contribution in [3.8, 4) is 0 Å². The zero-order valence-corrected chi connectivity index (χ0v) is 10.8. The van der Waals surface area contributed by atoms with Crippen molar-refractivity contribution in [1.82, 2.24) is 10.3 Å². The van der Waals surface area contributed by atoms with Crippen LogP contribution in [0.2, 0.25) is 0 Å². The quantitative estimate of drug-likeness (QED) is 0.811. The van der Waals surface area contributed by atoms with Gasteiger partial charge in [0.15, 0.2) is 0 Å². The van der Waals surface area contributed by atoms with Crippen molar-refractivity contribution in [2.24, 2.45) is 0 Å². The van der Waals surface area contributed by atoms with E-state index in [1.54, 1.807) is 6.26 Å². The van der Waals surface area contributed by atoms with Gasteiger partial charge in [0.25, 0.3) is 0 Å². The highest BCUT2D eigenvalue weighted by Gasteiger charge is 2.13. The van der Waals surface area contributed by atoms with Crippen molar-refractivity contribution in [2.75, 3.05) is 6.54 Å². The van der Waals surface area contributed by atoms with Crippen LogP contribution in [-0.2, 0) is 6.42 Å². The van der Waals surface area contributed by atoms with E-state index in [2.05, 4.69) is 23.3 Å². The molecule has 0 aliphatic rings. The van der Waals surface area contributed by atoms with Crippen LogP contribution in [0.25, 0.3) is 0 Å². The lowest BCUT2D eigenvalue weighted by molar-refractivity contribution is 0.395. The van der Waals surface area contributed by atoms with Gasteiger partial charge in [0.1, 0.15) is 5.76 Å². The smallest absolute Gasteiger partial charge is 0.120 e. The zero-order chi connectivity index (χ0) is 12.6. The van der Waals surface area contributed by atoms with E-state index in [9.17, 15) is 0 Å². The maximum Gasteiger partial charge on any atom is 0.120 e. The Morgan fingerprint density at radius 3 is 2.89 bits per heavy atom. The van der Waals surface area contributed by atoms with Gasteiger partial charge in [-0.3, -0.25) is 4.98 Å². The highest BCUT2D eigenvalue weighted by atomic mass is 16.3. The summed E-state index contributed by atoms with van der Waals surface area (Å²) in [6.07, 6.45) is 6.67. The number of rotatable bonds is 7. The molecule has 0 saturated carbocycles. The van der Waals surface area contributed by atoms with E-state index in [0.717, 1.165) is 37.3 Å². The van der Waals surface area contributed by atoms with Gasteiger partial charge >= 0.3 is 0 Å². The van der Waals surface area contributed by atoms with Crippen LogP contribution in [0.1, 0.15) is 37.3 Å². The molecule has 3 heteroatoms. The lowest BCUT2D eigenvalue weighted by atomic mass is 10.1. The zero-order valence-electron chi connectivity index (χ0n) is 10.8. The highest BCUT2D eigenvalue weighted by molar-refractivity contribution is 5.07. The second kappa shape index (κ2) is 6.97. The van der Waals surface area contributed by atoms with Crippen LogP contribution in [0.3, 0.4) is 0 Å². The third-order valence-electron chi connectivity index (χ3n) is 2.94. The van der Waals surface area contributed by atoms with Gasteiger partial charge in [-0.25, -0.2) is 0 Å². The van der Waals surface area contributed by atoms with Crippen molar-refractivity contribution in [2.45, 2.75) is 32.2 Å². The van der Waals surface area contributed by atoms with Crippen LogP contribution >= 0.6 is 0 Å². The van der Waals surface area contributed by atoms with Crippen molar-refractivity contribution >= 4 is 0 Å². The summed E-state index contributed by atoms with van der Waals surface area (Å²) in [5, 5.41) is 3.52. The fraction of sp³-hybridized carbons (Fsp3) is 0.400. The van der Waals surface area contributed by atoms with Crippen molar-refractivity contribution in [1.29, 1.82) is 0 Å². The predicted octanol–water partition coefficient (Wildman–Crippen LogP) is 3.35. The second-order valence-electron chi connectivity index (χ2n) is 4.38. The summed E-state index contributed by atoms with van der Waals surface area (Å²) in [6.45, 7) is 3.18. The summed E-state index contributed by atoms with van der Waals surface area (Å²) in [6, 6.07) is 10.3. The predicted molar refractivity (Wildman–Crippen MR) is 72.3 cm³/mol. The molecule has 18 heavy (non-hydrogen) atoms. The van der Waals surface area contributed by atoms with Gasteiger partial charge in [-0.05, 0) is 50.1 Å². The molecule has 0 amide bonds. The molecule has 2 heterocycles. The van der Waals surface area contributed by atoms with Gasteiger partial charge in [0, 0.05) is 11.9 Å². The maximum absolute atomic E-state index is 5.50. The standard InChI is InChI=1S/C15H20N2O/c1-2-10-17-14(15-7-5-12-18-15)9-8-13-6-3-4-11-16-13/h3-7,11-12,14,17H,2,8-10H2,1H3. The average molecular weight is 244 g/mol. The van der Waals surface area contributed by atoms with Crippen molar-refractivity contribution in [3.63, 3.8) is 0 Å². The van der Waals surface area contributed by atoms with Crippen LogP contribution in [0.15, 0.2) is 47.2 Å². The summed E-state index contributed by atoms with van der Waals surface area (Å²) in [7, 11) is 0. The van der Waals surface area contributed by atoms with Gasteiger partial charge in [-0.1, -0.05) is 13.0 Å². The Morgan fingerprint density at radius 2 is 2.22 bits per heavy atom. The van der Waals surface area contributed by atoms with E-state index in [1.165, 1.54) is 0 Å². The molecule has 1 unspecified atom stereocenters. The number of hydrogen-bond acceptors (Lipinski definition) is 3. The number of aromatic nitrogens is 1. The molecular formula is C15H20N2O. The maximum atomic E-state index is 5.50. The number of aryl methyl sites for hydroxylation is 1. The molecule has 0 saturated heterocycles. The first kappa shape index (κ1) is 12.8. The summed E-state index contributed by atoms with van der Waals surface area (Å²) in [5.74, 6) is 1.01. The molecule has 0 radical (unpaired) electrons. The van der Waals surface area contributed by atoms with Crippen molar-refractivity contribution in [3.05, 3.63) is 54.2 Å². The van der Waals surface area contributed by atoms with Crippen molar-refractivity contribution < 1.29 is 4.42 Å². The van der Waals surface area contributed by atoms with E-state index in [-0.39, 0.29) is 6.04 Å². The summed E-state index contributed by atoms with van der Waals surface area (Å²) >= 11 is 0. The summed E-state index contributed by atoms with van der Waals surface area (Å²) in [4.78, 5) is 4.35. The van der Waals surface area contributed by atoms with E-state index >= 15 is 0 Å². The number of furan rings is 1. The minimum absolute atomic E-state index is 0.280. The Balaban J connectivity index is 1.93. The largest absolute Gasteiger partial charge is 0.468 e. The Labute approximate surface area is 108 Å². The van der Waals surface area contributed by atoms with Gasteiger partial charge in [0.05, 0.1) is 12.3 Å². The molecule has 0 aliphatic heterocycles. The van der Waals surface area contributed by atoms with Gasteiger partial charge in [0.2, 0.25) is 0 Å². The van der Waals surface area contributed by atoms with Crippen LogP contribution in [-0.4, -0.2) is 11.5 Å². The number of hydrogen-bond donors (Lipinski definition) is 1. The Morgan fingerprint density at radius 1 is 1.28 bits per heavy atom. The molecule has 96 valence electrons. The molecule has 2 aromatic heterocycles. The molecular weight excluding hydrogens is 224 g/mol. The molecule has 3 nitrogen and oxygen atoms in total. The topological polar surface area (TPSA) is 38.1 Å². The first-order chi connectivity index (χ1) is 8.90. The normalized spacial score (nSPS) is 12.5. The Kier molecular flexibility index (Phi) is 4.97. The Bertz CT molecular complexity index is 425. The first-order valence-corrected chi connectivity index (χ1v) is 6.57.